The van der Waals surface area contributed by atoms with Crippen LogP contribution in [0.4, 0.5) is 11.6 Å². The number of carbonyl (C=O) groups is 1. The second kappa shape index (κ2) is 10.8. The largest absolute Gasteiger partial charge is 0.412 e. The first-order chi connectivity index (χ1) is 18.4. The first-order valence-corrected chi connectivity index (χ1v) is 13.1. The third-order valence-corrected chi connectivity index (χ3v) is 7.26. The molecule has 0 aliphatic carbocycles. The number of hydrogen-bond donors (Lipinski definition) is 1. The Hall–Kier alpha value is -3.98. The molecule has 1 aliphatic rings. The van der Waals surface area contributed by atoms with Crippen molar-refractivity contribution in [3.63, 3.8) is 0 Å². The summed E-state index contributed by atoms with van der Waals surface area (Å²) in [5.74, 6) is 0.424. The zero-order chi connectivity index (χ0) is 26.8. The number of rotatable bonds is 9. The summed E-state index contributed by atoms with van der Waals surface area (Å²) in [7, 11) is 3.31. The van der Waals surface area contributed by atoms with Gasteiger partial charge in [-0.25, -0.2) is 4.98 Å². The number of fused-ring (bicyclic) bond motifs is 1. The molecule has 4 aromatic rings. The Morgan fingerprint density at radius 3 is 2.58 bits per heavy atom. The number of carbonyl (C=O) groups excluding carboxylic acids is 1. The van der Waals surface area contributed by atoms with Crippen LogP contribution >= 0.6 is 0 Å². The van der Waals surface area contributed by atoms with Gasteiger partial charge < -0.3 is 19.6 Å². The third-order valence-electron chi connectivity index (χ3n) is 7.26. The number of hydrogen-bond acceptors (Lipinski definition) is 7. The number of nitrogens with zero attached hydrogens (tertiary/aromatic N) is 5. The number of benzene rings is 1. The highest BCUT2D eigenvalue weighted by Crippen LogP contribution is 2.27. The standard InChI is InChI=1S/C29H34N6O3/c1-19-9-7-10-20(2)26(19)23-15-21-17-30-29(32-27(21)35(38-4)28(23)37)31-22-16-24(33(3)18-22)25(36)11-8-14-34-12-5-6-13-34/h7,9-10,15-18H,5-6,8,11-14H2,1-4H3,(H,30,31,32). The summed E-state index contributed by atoms with van der Waals surface area (Å²) in [5, 5.41) is 3.85. The van der Waals surface area contributed by atoms with Gasteiger partial charge in [0.25, 0.3) is 5.56 Å². The van der Waals surface area contributed by atoms with Gasteiger partial charge in [-0.1, -0.05) is 18.2 Å². The zero-order valence-electron chi connectivity index (χ0n) is 22.5. The van der Waals surface area contributed by atoms with Gasteiger partial charge >= 0.3 is 0 Å². The maximum absolute atomic E-state index is 13.4. The van der Waals surface area contributed by atoms with Gasteiger partial charge in [0, 0.05) is 31.2 Å². The van der Waals surface area contributed by atoms with Crippen molar-refractivity contribution in [3.05, 3.63) is 69.9 Å². The Morgan fingerprint density at radius 1 is 1.13 bits per heavy atom. The fraction of sp³-hybridized carbons (Fsp3) is 0.379. The summed E-state index contributed by atoms with van der Waals surface area (Å²) in [6.45, 7) is 7.22. The Kier molecular flexibility index (Phi) is 7.28. The second-order valence-corrected chi connectivity index (χ2v) is 10.0. The highest BCUT2D eigenvalue weighted by Gasteiger charge is 2.18. The predicted octanol–water partition coefficient (Wildman–Crippen LogP) is 4.27. The maximum atomic E-state index is 13.4. The van der Waals surface area contributed by atoms with Gasteiger partial charge in [0.15, 0.2) is 11.4 Å². The van der Waals surface area contributed by atoms with Crippen molar-refractivity contribution in [2.75, 3.05) is 32.1 Å². The van der Waals surface area contributed by atoms with Crippen molar-refractivity contribution in [1.82, 2.24) is 24.2 Å². The summed E-state index contributed by atoms with van der Waals surface area (Å²) in [6, 6.07) is 9.58. The number of aromatic nitrogens is 4. The lowest BCUT2D eigenvalue weighted by Gasteiger charge is -2.14. The van der Waals surface area contributed by atoms with E-state index in [9.17, 15) is 9.59 Å². The molecule has 1 aromatic carbocycles. The molecule has 0 atom stereocenters. The van der Waals surface area contributed by atoms with Gasteiger partial charge in [-0.3, -0.25) is 9.59 Å². The average molecular weight is 515 g/mol. The molecule has 1 N–H and O–H groups in total. The fourth-order valence-electron chi connectivity index (χ4n) is 5.35. The van der Waals surface area contributed by atoms with Crippen LogP contribution in [0, 0.1) is 13.8 Å². The van der Waals surface area contributed by atoms with E-state index in [0.717, 1.165) is 42.7 Å². The lowest BCUT2D eigenvalue weighted by atomic mass is 9.96. The van der Waals surface area contributed by atoms with Crippen molar-refractivity contribution in [2.24, 2.45) is 7.05 Å². The van der Waals surface area contributed by atoms with Crippen molar-refractivity contribution in [3.8, 4) is 11.1 Å². The van der Waals surface area contributed by atoms with Crippen LogP contribution in [-0.2, 0) is 7.05 Å². The summed E-state index contributed by atoms with van der Waals surface area (Å²) in [4.78, 5) is 43.2. The molecule has 1 fully saturated rings. The predicted molar refractivity (Wildman–Crippen MR) is 149 cm³/mol. The number of pyridine rings is 1. The van der Waals surface area contributed by atoms with Crippen molar-refractivity contribution in [1.29, 1.82) is 0 Å². The molecule has 0 bridgehead atoms. The monoisotopic (exact) mass is 514 g/mol. The topological polar surface area (TPSA) is 94.3 Å². The lowest BCUT2D eigenvalue weighted by molar-refractivity contribution is 0.0968. The van der Waals surface area contributed by atoms with E-state index in [4.69, 9.17) is 4.84 Å². The van der Waals surface area contributed by atoms with Gasteiger partial charge in [-0.15, -0.1) is 4.73 Å². The normalized spacial score (nSPS) is 13.8. The number of likely N-dealkylation sites (tertiary alicyclic amines) is 1. The maximum Gasteiger partial charge on any atom is 0.292 e. The molecule has 0 unspecified atom stereocenters. The van der Waals surface area contributed by atoms with Crippen LogP contribution in [0.25, 0.3) is 22.2 Å². The quantitative estimate of drug-likeness (QED) is 0.333. The molecule has 1 aliphatic heterocycles. The summed E-state index contributed by atoms with van der Waals surface area (Å²) < 4.78 is 3.02. The lowest BCUT2D eigenvalue weighted by Crippen LogP contribution is -2.27. The smallest absolute Gasteiger partial charge is 0.292 e. The molecule has 9 nitrogen and oxygen atoms in total. The van der Waals surface area contributed by atoms with E-state index in [-0.39, 0.29) is 11.3 Å². The Labute approximate surface area is 222 Å². The molecular weight excluding hydrogens is 480 g/mol. The zero-order valence-corrected chi connectivity index (χ0v) is 22.5. The highest BCUT2D eigenvalue weighted by molar-refractivity contribution is 5.96. The number of nitrogens with one attached hydrogen (secondary N) is 1. The van der Waals surface area contributed by atoms with Gasteiger partial charge in [0.2, 0.25) is 5.95 Å². The molecule has 198 valence electrons. The van der Waals surface area contributed by atoms with E-state index in [2.05, 4.69) is 20.2 Å². The molecule has 0 radical (unpaired) electrons. The van der Waals surface area contributed by atoms with Crippen LogP contribution in [-0.4, -0.2) is 56.7 Å². The number of aryl methyl sites for hydroxylation is 3. The van der Waals surface area contributed by atoms with Crippen LogP contribution < -0.4 is 15.7 Å². The van der Waals surface area contributed by atoms with Gasteiger partial charge in [-0.05, 0) is 81.6 Å². The molecule has 3 aromatic heterocycles. The first kappa shape index (κ1) is 25.7. The van der Waals surface area contributed by atoms with Gasteiger partial charge in [-0.2, -0.15) is 4.98 Å². The van der Waals surface area contributed by atoms with Gasteiger partial charge in [0.05, 0.1) is 16.9 Å². The van der Waals surface area contributed by atoms with E-state index in [1.54, 1.807) is 6.20 Å². The second-order valence-electron chi connectivity index (χ2n) is 10.0. The molecule has 38 heavy (non-hydrogen) atoms. The van der Waals surface area contributed by atoms with Crippen molar-refractivity contribution < 1.29 is 9.63 Å². The number of Topliss-reactive ketones (excluding diaryl/α,β-unsaturated/α-hetero) is 1. The Morgan fingerprint density at radius 2 is 1.87 bits per heavy atom. The number of anilines is 2. The molecule has 9 heteroatoms. The molecule has 0 spiro atoms. The van der Waals surface area contributed by atoms with Crippen LogP contribution in [0.5, 0.6) is 0 Å². The molecule has 0 saturated carbocycles. The molecule has 4 heterocycles. The van der Waals surface area contributed by atoms with Gasteiger partial charge in [0.1, 0.15) is 7.11 Å². The summed E-state index contributed by atoms with van der Waals surface area (Å²) in [6.07, 6.45) is 7.40. The molecule has 0 amide bonds. The van der Waals surface area contributed by atoms with Crippen LogP contribution in [0.1, 0.15) is 47.3 Å². The van der Waals surface area contributed by atoms with Crippen LogP contribution in [0.15, 0.2) is 47.5 Å². The minimum atomic E-state index is -0.288. The van der Waals surface area contributed by atoms with Crippen molar-refractivity contribution in [2.45, 2.75) is 39.5 Å². The van der Waals surface area contributed by atoms with E-state index in [1.807, 2.05) is 62.0 Å². The van der Waals surface area contributed by atoms with Crippen LogP contribution in [0.3, 0.4) is 0 Å². The minimum Gasteiger partial charge on any atom is -0.412 e. The highest BCUT2D eigenvalue weighted by atomic mass is 16.6. The SMILES string of the molecule is COn1c(=O)c(-c2c(C)cccc2C)cc2cnc(Nc3cc(C(=O)CCCN4CCCC4)n(C)c3)nc21. The Balaban J connectivity index is 1.38. The van der Waals surface area contributed by atoms with Crippen LogP contribution in [0.2, 0.25) is 0 Å². The molecule has 1 saturated heterocycles. The molecular formula is C29H34N6O3. The van der Waals surface area contributed by atoms with Crippen molar-refractivity contribution >= 4 is 28.5 Å². The Bertz CT molecular complexity index is 1530. The first-order valence-electron chi connectivity index (χ1n) is 13.1. The van der Waals surface area contributed by atoms with E-state index in [0.29, 0.717) is 40.3 Å². The van der Waals surface area contributed by atoms with E-state index in [1.165, 1.54) is 24.7 Å². The van der Waals surface area contributed by atoms with E-state index < -0.39 is 0 Å². The third kappa shape index (κ3) is 5.06. The summed E-state index contributed by atoms with van der Waals surface area (Å²) >= 11 is 0. The number of ketones is 1. The fourth-order valence-corrected chi connectivity index (χ4v) is 5.35. The average Bonchev–Trinajstić information content (AvgIpc) is 3.54. The summed E-state index contributed by atoms with van der Waals surface area (Å²) in [5.41, 5.74) is 4.85. The van der Waals surface area contributed by atoms with E-state index >= 15 is 0 Å². The molecule has 5 rings (SSSR count). The minimum absolute atomic E-state index is 0.117.